The van der Waals surface area contributed by atoms with Crippen molar-refractivity contribution in [2.24, 2.45) is 5.41 Å². The van der Waals surface area contributed by atoms with Crippen molar-refractivity contribution >= 4 is 0 Å². The van der Waals surface area contributed by atoms with Crippen LogP contribution in [0, 0.1) is 5.41 Å². The van der Waals surface area contributed by atoms with Gasteiger partial charge in [0.2, 0.25) is 0 Å². The third kappa shape index (κ3) is 5.53. The van der Waals surface area contributed by atoms with Gasteiger partial charge in [-0.15, -0.1) is 0 Å². The number of hydrogen-bond acceptors (Lipinski definition) is 5. The van der Waals surface area contributed by atoms with Gasteiger partial charge in [-0.2, -0.15) is 0 Å². The second kappa shape index (κ2) is 8.29. The maximum Gasteiger partial charge on any atom is 0.157 e. The summed E-state index contributed by atoms with van der Waals surface area (Å²) in [5, 5.41) is 3.27. The van der Waals surface area contributed by atoms with Gasteiger partial charge in [-0.25, -0.2) is 9.97 Å². The Hall–Kier alpha value is -1.04. The van der Waals surface area contributed by atoms with Gasteiger partial charge < -0.3 is 14.8 Å². The molecule has 5 heteroatoms. The highest BCUT2D eigenvalue weighted by Gasteiger charge is 2.29. The van der Waals surface area contributed by atoms with E-state index in [-0.39, 0.29) is 11.5 Å². The summed E-state index contributed by atoms with van der Waals surface area (Å²) in [6.45, 7) is 11.3. The Labute approximate surface area is 122 Å². The Morgan fingerprint density at radius 2 is 1.90 bits per heavy atom. The van der Waals surface area contributed by atoms with Crippen LogP contribution in [-0.4, -0.2) is 36.8 Å². The molecule has 1 unspecified atom stereocenters. The molecule has 0 spiro atoms. The SMILES string of the molecule is CCOC(c1ncc(CNCCOC)cn1)C(C)(C)C. The van der Waals surface area contributed by atoms with Crippen LogP contribution in [-0.2, 0) is 16.0 Å². The highest BCUT2D eigenvalue weighted by Crippen LogP contribution is 2.33. The van der Waals surface area contributed by atoms with Crippen LogP contribution < -0.4 is 5.32 Å². The molecule has 0 saturated carbocycles. The zero-order valence-corrected chi connectivity index (χ0v) is 13.3. The van der Waals surface area contributed by atoms with Crippen molar-refractivity contribution in [3.05, 3.63) is 23.8 Å². The van der Waals surface area contributed by atoms with E-state index in [0.717, 1.165) is 24.5 Å². The van der Waals surface area contributed by atoms with Gasteiger partial charge in [-0.05, 0) is 12.3 Å². The molecule has 0 radical (unpaired) electrons. The predicted octanol–water partition coefficient (Wildman–Crippen LogP) is 2.34. The number of nitrogens with zero attached hydrogens (tertiary/aromatic N) is 2. The van der Waals surface area contributed by atoms with Crippen molar-refractivity contribution in [2.75, 3.05) is 26.9 Å². The second-order valence-electron chi connectivity index (χ2n) is 5.82. The van der Waals surface area contributed by atoms with Gasteiger partial charge in [0.1, 0.15) is 6.10 Å². The van der Waals surface area contributed by atoms with Gasteiger partial charge in [0.15, 0.2) is 5.82 Å². The lowest BCUT2D eigenvalue weighted by atomic mass is 9.88. The maximum atomic E-state index is 5.79. The van der Waals surface area contributed by atoms with Gasteiger partial charge in [0.05, 0.1) is 6.61 Å². The molecule has 0 aliphatic rings. The molecule has 1 heterocycles. The van der Waals surface area contributed by atoms with E-state index in [0.29, 0.717) is 13.2 Å². The van der Waals surface area contributed by atoms with Gasteiger partial charge >= 0.3 is 0 Å². The first-order chi connectivity index (χ1) is 9.49. The van der Waals surface area contributed by atoms with Crippen LogP contribution in [0.25, 0.3) is 0 Å². The smallest absolute Gasteiger partial charge is 0.157 e. The number of hydrogen-bond donors (Lipinski definition) is 1. The molecule has 1 aromatic heterocycles. The molecule has 1 aromatic rings. The summed E-state index contributed by atoms with van der Waals surface area (Å²) < 4.78 is 10.8. The van der Waals surface area contributed by atoms with Crippen molar-refractivity contribution < 1.29 is 9.47 Å². The lowest BCUT2D eigenvalue weighted by Crippen LogP contribution is -2.24. The summed E-state index contributed by atoms with van der Waals surface area (Å²) in [7, 11) is 1.69. The van der Waals surface area contributed by atoms with E-state index in [4.69, 9.17) is 9.47 Å². The lowest BCUT2D eigenvalue weighted by molar-refractivity contribution is -0.0191. The molecular formula is C15H27N3O2. The lowest BCUT2D eigenvalue weighted by Gasteiger charge is -2.29. The van der Waals surface area contributed by atoms with Crippen molar-refractivity contribution in [1.29, 1.82) is 0 Å². The summed E-state index contributed by atoms with van der Waals surface area (Å²) >= 11 is 0. The van der Waals surface area contributed by atoms with Crippen molar-refractivity contribution in [1.82, 2.24) is 15.3 Å². The maximum absolute atomic E-state index is 5.79. The molecule has 0 saturated heterocycles. The van der Waals surface area contributed by atoms with Crippen LogP contribution in [0.2, 0.25) is 0 Å². The van der Waals surface area contributed by atoms with E-state index >= 15 is 0 Å². The van der Waals surface area contributed by atoms with E-state index < -0.39 is 0 Å². The largest absolute Gasteiger partial charge is 0.383 e. The predicted molar refractivity (Wildman–Crippen MR) is 79.4 cm³/mol. The fraction of sp³-hybridized carbons (Fsp3) is 0.733. The fourth-order valence-corrected chi connectivity index (χ4v) is 1.88. The van der Waals surface area contributed by atoms with Gasteiger partial charge in [0, 0.05) is 44.8 Å². The van der Waals surface area contributed by atoms with E-state index in [9.17, 15) is 0 Å². The first-order valence-electron chi connectivity index (χ1n) is 7.11. The molecule has 1 rings (SSSR count). The highest BCUT2D eigenvalue weighted by atomic mass is 16.5. The topological polar surface area (TPSA) is 56.3 Å². The van der Waals surface area contributed by atoms with E-state index in [1.165, 1.54) is 0 Å². The van der Waals surface area contributed by atoms with Crippen LogP contribution in [0.1, 0.15) is 45.2 Å². The molecule has 114 valence electrons. The van der Waals surface area contributed by atoms with Crippen LogP contribution in [0.5, 0.6) is 0 Å². The fourth-order valence-electron chi connectivity index (χ4n) is 1.88. The molecule has 0 aliphatic carbocycles. The minimum absolute atomic E-state index is 0.0196. The Morgan fingerprint density at radius 3 is 2.40 bits per heavy atom. The molecule has 0 amide bonds. The molecule has 0 fully saturated rings. The summed E-state index contributed by atoms with van der Waals surface area (Å²) in [6.07, 6.45) is 3.64. The summed E-state index contributed by atoms with van der Waals surface area (Å²) in [4.78, 5) is 8.91. The van der Waals surface area contributed by atoms with Crippen molar-refractivity contribution in [3.63, 3.8) is 0 Å². The summed E-state index contributed by atoms with van der Waals surface area (Å²) in [6, 6.07) is 0. The number of aromatic nitrogens is 2. The van der Waals surface area contributed by atoms with Crippen LogP contribution in [0.3, 0.4) is 0 Å². The summed E-state index contributed by atoms with van der Waals surface area (Å²) in [5.41, 5.74) is 1.04. The van der Waals surface area contributed by atoms with Crippen molar-refractivity contribution in [3.8, 4) is 0 Å². The molecule has 5 nitrogen and oxygen atoms in total. The van der Waals surface area contributed by atoms with Gasteiger partial charge in [0.25, 0.3) is 0 Å². The average molecular weight is 281 g/mol. The second-order valence-corrected chi connectivity index (χ2v) is 5.82. The number of nitrogens with one attached hydrogen (secondary N) is 1. The molecule has 20 heavy (non-hydrogen) atoms. The van der Waals surface area contributed by atoms with Crippen LogP contribution >= 0.6 is 0 Å². The normalized spacial score (nSPS) is 13.4. The Bertz CT molecular complexity index is 374. The first kappa shape index (κ1) is 17.0. The first-order valence-corrected chi connectivity index (χ1v) is 7.11. The molecule has 1 N–H and O–H groups in total. The Balaban J connectivity index is 2.64. The minimum Gasteiger partial charge on any atom is -0.383 e. The van der Waals surface area contributed by atoms with Gasteiger partial charge in [-0.3, -0.25) is 0 Å². The van der Waals surface area contributed by atoms with Crippen LogP contribution in [0.15, 0.2) is 12.4 Å². The molecule has 0 aromatic carbocycles. The van der Waals surface area contributed by atoms with E-state index in [1.54, 1.807) is 7.11 Å². The van der Waals surface area contributed by atoms with E-state index in [2.05, 4.69) is 36.1 Å². The summed E-state index contributed by atoms with van der Waals surface area (Å²) in [5.74, 6) is 0.750. The molecule has 1 atom stereocenters. The Kier molecular flexibility index (Phi) is 7.05. The zero-order chi connectivity index (χ0) is 15.0. The monoisotopic (exact) mass is 281 g/mol. The third-order valence-corrected chi connectivity index (χ3v) is 2.89. The molecular weight excluding hydrogens is 254 g/mol. The highest BCUT2D eigenvalue weighted by molar-refractivity contribution is 5.07. The third-order valence-electron chi connectivity index (χ3n) is 2.89. The quantitative estimate of drug-likeness (QED) is 0.741. The standard InChI is InChI=1S/C15H27N3O2/c1-6-20-13(15(2,3)4)14-17-10-12(11-18-14)9-16-7-8-19-5/h10-11,13,16H,6-9H2,1-5H3. The van der Waals surface area contributed by atoms with Crippen molar-refractivity contribution in [2.45, 2.75) is 40.3 Å². The number of methoxy groups -OCH3 is 1. The number of ether oxygens (including phenoxy) is 2. The minimum atomic E-state index is -0.0806. The molecule has 0 bridgehead atoms. The van der Waals surface area contributed by atoms with E-state index in [1.807, 2.05) is 19.3 Å². The van der Waals surface area contributed by atoms with Crippen LogP contribution in [0.4, 0.5) is 0 Å². The molecule has 0 aliphatic heterocycles. The Morgan fingerprint density at radius 1 is 1.25 bits per heavy atom. The average Bonchev–Trinajstić information content (AvgIpc) is 2.41. The number of rotatable bonds is 8. The van der Waals surface area contributed by atoms with Gasteiger partial charge in [-0.1, -0.05) is 20.8 Å². The zero-order valence-electron chi connectivity index (χ0n) is 13.3.